The molecule has 2 aromatic heterocycles. The van der Waals surface area contributed by atoms with Crippen LogP contribution in [0.25, 0.3) is 11.5 Å². The first-order valence-electron chi connectivity index (χ1n) is 6.46. The second-order valence-corrected chi connectivity index (χ2v) is 6.00. The second-order valence-electron chi connectivity index (χ2n) is 4.65. The van der Waals surface area contributed by atoms with Crippen LogP contribution in [0.4, 0.5) is 0 Å². The normalized spacial score (nSPS) is 10.6. The van der Waals surface area contributed by atoms with Crippen molar-refractivity contribution in [3.05, 3.63) is 69.7 Å². The Morgan fingerprint density at radius 1 is 1.18 bits per heavy atom. The van der Waals surface area contributed by atoms with Crippen LogP contribution in [0.1, 0.15) is 16.1 Å². The fourth-order valence-electron chi connectivity index (χ4n) is 1.95. The van der Waals surface area contributed by atoms with Gasteiger partial charge in [0.1, 0.15) is 0 Å². The molecule has 0 radical (unpaired) electrons. The van der Waals surface area contributed by atoms with Gasteiger partial charge in [0.2, 0.25) is 11.7 Å². The fourth-order valence-corrected chi connectivity index (χ4v) is 2.49. The molecule has 0 aliphatic carbocycles. The van der Waals surface area contributed by atoms with E-state index in [0.717, 1.165) is 15.6 Å². The van der Waals surface area contributed by atoms with Crippen molar-refractivity contribution < 1.29 is 9.21 Å². The molecule has 0 N–H and O–H groups in total. The van der Waals surface area contributed by atoms with E-state index < -0.39 is 0 Å². The third kappa shape index (κ3) is 3.43. The van der Waals surface area contributed by atoms with E-state index in [4.69, 9.17) is 16.0 Å². The van der Waals surface area contributed by atoms with Crippen LogP contribution < -0.4 is 0 Å². The predicted octanol–water partition coefficient (Wildman–Crippen LogP) is 4.58. The highest BCUT2D eigenvalue weighted by atomic mass is 79.9. The number of pyridine rings is 1. The van der Waals surface area contributed by atoms with Crippen LogP contribution in [0.3, 0.4) is 0 Å². The number of carbonyl (C=O) groups is 1. The van der Waals surface area contributed by atoms with Gasteiger partial charge in [-0.15, -0.1) is 0 Å². The minimum Gasteiger partial charge on any atom is -0.433 e. The molecule has 1 aromatic carbocycles. The minimum atomic E-state index is -0.146. The maximum atomic E-state index is 12.2. The van der Waals surface area contributed by atoms with E-state index >= 15 is 0 Å². The standard InChI is InChI=1S/C16H10BrClN2O2/c17-12-5-10(7-19-8-12)6-14(21)15-9-20-16(22-15)11-1-3-13(18)4-2-11/h1-5,7-9H,6H2. The second kappa shape index (κ2) is 6.42. The summed E-state index contributed by atoms with van der Waals surface area (Å²) >= 11 is 9.17. The number of hydrogen-bond donors (Lipinski definition) is 0. The molecule has 0 aliphatic rings. The zero-order valence-corrected chi connectivity index (χ0v) is 13.6. The number of Topliss-reactive ketones (excluding diaryl/α,β-unsaturated/α-hetero) is 1. The number of oxazole rings is 1. The first kappa shape index (κ1) is 14.9. The highest BCUT2D eigenvalue weighted by Crippen LogP contribution is 2.22. The van der Waals surface area contributed by atoms with Gasteiger partial charge in [0.05, 0.1) is 6.20 Å². The summed E-state index contributed by atoms with van der Waals surface area (Å²) in [4.78, 5) is 20.4. The topological polar surface area (TPSA) is 56.0 Å². The lowest BCUT2D eigenvalue weighted by atomic mass is 10.1. The molecule has 22 heavy (non-hydrogen) atoms. The van der Waals surface area contributed by atoms with Gasteiger partial charge in [-0.05, 0) is 51.8 Å². The van der Waals surface area contributed by atoms with E-state index in [1.165, 1.54) is 6.20 Å². The maximum Gasteiger partial charge on any atom is 0.226 e. The molecule has 6 heteroatoms. The highest BCUT2D eigenvalue weighted by molar-refractivity contribution is 9.10. The van der Waals surface area contributed by atoms with E-state index in [9.17, 15) is 4.79 Å². The lowest BCUT2D eigenvalue weighted by Crippen LogP contribution is -2.02. The number of carbonyl (C=O) groups excluding carboxylic acids is 1. The summed E-state index contributed by atoms with van der Waals surface area (Å²) in [5, 5.41) is 0.633. The number of nitrogens with zero attached hydrogens (tertiary/aromatic N) is 2. The number of rotatable bonds is 4. The van der Waals surface area contributed by atoms with Gasteiger partial charge in [-0.1, -0.05) is 11.6 Å². The highest BCUT2D eigenvalue weighted by Gasteiger charge is 2.14. The summed E-state index contributed by atoms with van der Waals surface area (Å²) in [5.41, 5.74) is 1.58. The fraction of sp³-hybridized carbons (Fsp3) is 0.0625. The molecule has 3 aromatic rings. The van der Waals surface area contributed by atoms with E-state index in [0.29, 0.717) is 10.9 Å². The van der Waals surface area contributed by atoms with E-state index in [2.05, 4.69) is 25.9 Å². The van der Waals surface area contributed by atoms with Gasteiger partial charge in [-0.3, -0.25) is 9.78 Å². The molecular formula is C16H10BrClN2O2. The van der Waals surface area contributed by atoms with Crippen LogP contribution in [0, 0.1) is 0 Å². The molecular weight excluding hydrogens is 368 g/mol. The zero-order valence-electron chi connectivity index (χ0n) is 11.3. The third-order valence-corrected chi connectivity index (χ3v) is 3.68. The predicted molar refractivity (Wildman–Crippen MR) is 86.9 cm³/mol. The van der Waals surface area contributed by atoms with Gasteiger partial charge in [-0.2, -0.15) is 0 Å². The Morgan fingerprint density at radius 3 is 2.68 bits per heavy atom. The Hall–Kier alpha value is -1.98. The monoisotopic (exact) mass is 376 g/mol. The number of aromatic nitrogens is 2. The van der Waals surface area contributed by atoms with Gasteiger partial charge >= 0.3 is 0 Å². The maximum absolute atomic E-state index is 12.2. The van der Waals surface area contributed by atoms with Crippen LogP contribution in [0.5, 0.6) is 0 Å². The van der Waals surface area contributed by atoms with Gasteiger partial charge < -0.3 is 4.42 Å². The molecule has 0 atom stereocenters. The summed E-state index contributed by atoms with van der Waals surface area (Å²) in [5.74, 6) is 0.477. The molecule has 0 amide bonds. The number of halogens is 2. The first-order valence-corrected chi connectivity index (χ1v) is 7.63. The Balaban J connectivity index is 1.78. The van der Waals surface area contributed by atoms with Crippen molar-refractivity contribution >= 4 is 33.3 Å². The quantitative estimate of drug-likeness (QED) is 0.625. The van der Waals surface area contributed by atoms with Crippen LogP contribution >= 0.6 is 27.5 Å². The Kier molecular flexibility index (Phi) is 4.36. The first-order chi connectivity index (χ1) is 10.6. The van der Waals surface area contributed by atoms with E-state index in [-0.39, 0.29) is 18.0 Å². The Labute approximate surface area is 140 Å². The van der Waals surface area contributed by atoms with Crippen LogP contribution in [0.15, 0.2) is 57.8 Å². The molecule has 3 rings (SSSR count). The molecule has 0 saturated heterocycles. The molecule has 110 valence electrons. The van der Waals surface area contributed by atoms with Gasteiger partial charge in [0.15, 0.2) is 5.76 Å². The van der Waals surface area contributed by atoms with Gasteiger partial charge in [0.25, 0.3) is 0 Å². The molecule has 0 fully saturated rings. The van der Waals surface area contributed by atoms with Crippen LogP contribution in [-0.2, 0) is 6.42 Å². The molecule has 0 saturated carbocycles. The van der Waals surface area contributed by atoms with Crippen molar-refractivity contribution in [1.29, 1.82) is 0 Å². The minimum absolute atomic E-state index is 0.146. The zero-order chi connectivity index (χ0) is 15.5. The molecule has 0 spiro atoms. The van der Waals surface area contributed by atoms with Crippen molar-refractivity contribution in [2.75, 3.05) is 0 Å². The molecule has 0 unspecified atom stereocenters. The lowest BCUT2D eigenvalue weighted by molar-refractivity contribution is 0.0967. The summed E-state index contributed by atoms with van der Waals surface area (Å²) in [6.07, 6.45) is 4.97. The molecule has 2 heterocycles. The average molecular weight is 378 g/mol. The Bertz CT molecular complexity index is 815. The molecule has 0 bridgehead atoms. The molecule has 0 aliphatic heterocycles. The number of hydrogen-bond acceptors (Lipinski definition) is 4. The third-order valence-electron chi connectivity index (χ3n) is 3.00. The smallest absolute Gasteiger partial charge is 0.226 e. The summed E-state index contributed by atoms with van der Waals surface area (Å²) in [6.45, 7) is 0. The van der Waals surface area contributed by atoms with Crippen molar-refractivity contribution in [1.82, 2.24) is 9.97 Å². The van der Waals surface area contributed by atoms with Crippen molar-refractivity contribution in [2.24, 2.45) is 0 Å². The van der Waals surface area contributed by atoms with Crippen molar-refractivity contribution in [2.45, 2.75) is 6.42 Å². The van der Waals surface area contributed by atoms with Crippen LogP contribution in [0.2, 0.25) is 5.02 Å². The van der Waals surface area contributed by atoms with Gasteiger partial charge in [0, 0.05) is 33.9 Å². The Morgan fingerprint density at radius 2 is 1.95 bits per heavy atom. The molecule has 4 nitrogen and oxygen atoms in total. The summed E-state index contributed by atoms with van der Waals surface area (Å²) < 4.78 is 6.37. The van der Waals surface area contributed by atoms with Crippen LogP contribution in [-0.4, -0.2) is 15.8 Å². The number of benzene rings is 1. The average Bonchev–Trinajstić information content (AvgIpc) is 2.98. The number of ketones is 1. The summed E-state index contributed by atoms with van der Waals surface area (Å²) in [6, 6.07) is 8.92. The van der Waals surface area contributed by atoms with Gasteiger partial charge in [-0.25, -0.2) is 4.98 Å². The van der Waals surface area contributed by atoms with Crippen molar-refractivity contribution in [3.8, 4) is 11.5 Å². The lowest BCUT2D eigenvalue weighted by Gasteiger charge is -1.99. The largest absolute Gasteiger partial charge is 0.433 e. The van der Waals surface area contributed by atoms with E-state index in [1.54, 1.807) is 36.7 Å². The van der Waals surface area contributed by atoms with E-state index in [1.807, 2.05) is 6.07 Å². The van der Waals surface area contributed by atoms with Crippen molar-refractivity contribution in [3.63, 3.8) is 0 Å². The SMILES string of the molecule is O=C(Cc1cncc(Br)c1)c1cnc(-c2ccc(Cl)cc2)o1. The summed E-state index contributed by atoms with van der Waals surface area (Å²) in [7, 11) is 0.